The van der Waals surface area contributed by atoms with E-state index in [1.54, 1.807) is 0 Å². The molecule has 0 radical (unpaired) electrons. The van der Waals surface area contributed by atoms with Crippen molar-refractivity contribution in [3.05, 3.63) is 85.1 Å². The van der Waals surface area contributed by atoms with E-state index in [2.05, 4.69) is 106 Å². The number of hydrogen-bond donors (Lipinski definition) is 0. The molecule has 0 N–H and O–H groups in total. The van der Waals surface area contributed by atoms with E-state index in [1.165, 1.54) is 205 Å². The van der Waals surface area contributed by atoms with E-state index in [0.29, 0.717) is 19.3 Å². The highest BCUT2D eigenvalue weighted by Crippen LogP contribution is 2.18. The molecule has 0 aromatic heterocycles. The lowest BCUT2D eigenvalue weighted by Crippen LogP contribution is -2.30. The number of allylic oxidation sites excluding steroid dienone is 14. The first kappa shape index (κ1) is 77.6. The first-order valence-corrected chi connectivity index (χ1v) is 35.1. The van der Waals surface area contributed by atoms with Crippen LogP contribution in [0.4, 0.5) is 0 Å². The van der Waals surface area contributed by atoms with E-state index in [1.807, 2.05) is 0 Å². The molecular weight excluding hydrogens is 997 g/mol. The highest BCUT2D eigenvalue weighted by Gasteiger charge is 2.19. The van der Waals surface area contributed by atoms with Gasteiger partial charge in [0.1, 0.15) is 13.2 Å². The molecule has 0 aliphatic rings. The molecule has 0 bridgehead atoms. The Morgan fingerprint density at radius 1 is 0.259 bits per heavy atom. The van der Waals surface area contributed by atoms with Gasteiger partial charge in [-0.05, 0) is 89.9 Å². The number of ether oxygens (including phenoxy) is 3. The second-order valence-electron chi connectivity index (χ2n) is 23.4. The molecule has 0 aromatic rings. The molecule has 468 valence electrons. The van der Waals surface area contributed by atoms with Crippen LogP contribution in [0, 0.1) is 0 Å². The third kappa shape index (κ3) is 67.3. The number of hydrogen-bond acceptors (Lipinski definition) is 6. The molecule has 0 aliphatic heterocycles. The molecule has 0 saturated carbocycles. The normalized spacial score (nSPS) is 12.6. The van der Waals surface area contributed by atoms with Gasteiger partial charge < -0.3 is 14.2 Å². The van der Waals surface area contributed by atoms with Gasteiger partial charge in [0.2, 0.25) is 0 Å². The average molecular weight is 1130 g/mol. The van der Waals surface area contributed by atoms with Crippen molar-refractivity contribution in [2.75, 3.05) is 13.2 Å². The van der Waals surface area contributed by atoms with Crippen molar-refractivity contribution in [2.45, 2.75) is 361 Å². The van der Waals surface area contributed by atoms with Gasteiger partial charge in [-0.3, -0.25) is 14.4 Å². The Kier molecular flexibility index (Phi) is 66.2. The maximum atomic E-state index is 12.9. The van der Waals surface area contributed by atoms with E-state index in [0.717, 1.165) is 109 Å². The van der Waals surface area contributed by atoms with Gasteiger partial charge in [-0.1, -0.05) is 331 Å². The Morgan fingerprint density at radius 3 is 0.790 bits per heavy atom. The van der Waals surface area contributed by atoms with Crippen LogP contribution >= 0.6 is 0 Å². The van der Waals surface area contributed by atoms with Crippen molar-refractivity contribution in [3.63, 3.8) is 0 Å². The van der Waals surface area contributed by atoms with Crippen LogP contribution in [0.5, 0.6) is 0 Å². The predicted molar refractivity (Wildman–Crippen MR) is 353 cm³/mol. The topological polar surface area (TPSA) is 78.9 Å². The molecule has 0 heterocycles. The van der Waals surface area contributed by atoms with Gasteiger partial charge in [0.05, 0.1) is 0 Å². The molecule has 1 atom stereocenters. The molecule has 0 saturated heterocycles. The Hall–Kier alpha value is -3.41. The van der Waals surface area contributed by atoms with Gasteiger partial charge in [-0.2, -0.15) is 0 Å². The van der Waals surface area contributed by atoms with Gasteiger partial charge in [0, 0.05) is 19.3 Å². The first-order valence-electron chi connectivity index (χ1n) is 35.1. The summed E-state index contributed by atoms with van der Waals surface area (Å²) >= 11 is 0. The maximum absolute atomic E-state index is 12.9. The van der Waals surface area contributed by atoms with E-state index in [4.69, 9.17) is 14.2 Å². The Balaban J connectivity index is 4.17. The van der Waals surface area contributed by atoms with Crippen molar-refractivity contribution < 1.29 is 28.6 Å². The number of carbonyl (C=O) groups is 3. The predicted octanol–water partition coefficient (Wildman–Crippen LogP) is 24.2. The molecule has 0 aliphatic carbocycles. The van der Waals surface area contributed by atoms with Gasteiger partial charge >= 0.3 is 17.9 Å². The Morgan fingerprint density at radius 2 is 0.494 bits per heavy atom. The Bertz CT molecular complexity index is 1530. The van der Waals surface area contributed by atoms with Crippen LogP contribution in [0.3, 0.4) is 0 Å². The van der Waals surface area contributed by atoms with Crippen LogP contribution in [0.25, 0.3) is 0 Å². The lowest BCUT2D eigenvalue weighted by atomic mass is 10.0. The third-order valence-corrected chi connectivity index (χ3v) is 15.4. The molecule has 0 rings (SSSR count). The van der Waals surface area contributed by atoms with Crippen molar-refractivity contribution in [1.29, 1.82) is 0 Å². The summed E-state index contributed by atoms with van der Waals surface area (Å²) < 4.78 is 17.0. The molecule has 0 spiro atoms. The molecule has 0 fully saturated rings. The summed E-state index contributed by atoms with van der Waals surface area (Å²) in [6.45, 7) is 6.52. The lowest BCUT2D eigenvalue weighted by molar-refractivity contribution is -0.167. The SMILES string of the molecule is CC/C=C\C/C=C\C/C=C\C/C=C\C/C=C\CCCCCCCCCCCCCCCCCCCC(=O)OCC(COC(=O)CCCCCCC/C=C\C/C=C\CCCC)OC(=O)CCCCCCCCCCCCCCCCCC. The molecule has 6 nitrogen and oxygen atoms in total. The molecule has 81 heavy (non-hydrogen) atoms. The summed E-state index contributed by atoms with van der Waals surface area (Å²) in [4.78, 5) is 38.4. The van der Waals surface area contributed by atoms with Gasteiger partial charge in [-0.25, -0.2) is 0 Å². The molecule has 1 unspecified atom stereocenters. The largest absolute Gasteiger partial charge is 0.462 e. The van der Waals surface area contributed by atoms with Gasteiger partial charge in [0.15, 0.2) is 6.10 Å². The van der Waals surface area contributed by atoms with Crippen molar-refractivity contribution in [2.24, 2.45) is 0 Å². The minimum atomic E-state index is -0.779. The van der Waals surface area contributed by atoms with Crippen LogP contribution in [0.2, 0.25) is 0 Å². The molecule has 0 amide bonds. The lowest BCUT2D eigenvalue weighted by Gasteiger charge is -2.18. The third-order valence-electron chi connectivity index (χ3n) is 15.4. The molecular formula is C75H132O6. The summed E-state index contributed by atoms with van der Waals surface area (Å²) in [5, 5.41) is 0. The monoisotopic (exact) mass is 1130 g/mol. The zero-order chi connectivity index (χ0) is 58.5. The van der Waals surface area contributed by atoms with Crippen LogP contribution in [-0.2, 0) is 28.6 Å². The summed E-state index contributed by atoms with van der Waals surface area (Å²) in [7, 11) is 0. The van der Waals surface area contributed by atoms with Gasteiger partial charge in [0.25, 0.3) is 0 Å². The zero-order valence-corrected chi connectivity index (χ0v) is 53.8. The summed E-state index contributed by atoms with van der Waals surface area (Å²) in [6.07, 6.45) is 91.9. The molecule has 0 aromatic carbocycles. The number of esters is 3. The Labute approximate surface area is 503 Å². The fourth-order valence-corrected chi connectivity index (χ4v) is 10.1. The average Bonchev–Trinajstić information content (AvgIpc) is 3.47. The fraction of sp³-hybridized carbons (Fsp3) is 0.773. The number of carbonyl (C=O) groups excluding carboxylic acids is 3. The van der Waals surface area contributed by atoms with Crippen molar-refractivity contribution in [3.8, 4) is 0 Å². The van der Waals surface area contributed by atoms with Crippen LogP contribution in [-0.4, -0.2) is 37.2 Å². The van der Waals surface area contributed by atoms with E-state index in [9.17, 15) is 14.4 Å². The van der Waals surface area contributed by atoms with Crippen LogP contribution in [0.1, 0.15) is 355 Å². The summed E-state index contributed by atoms with van der Waals surface area (Å²) in [5.74, 6) is -0.869. The van der Waals surface area contributed by atoms with E-state index < -0.39 is 6.10 Å². The second-order valence-corrected chi connectivity index (χ2v) is 23.4. The quantitative estimate of drug-likeness (QED) is 0.0261. The highest BCUT2D eigenvalue weighted by atomic mass is 16.6. The van der Waals surface area contributed by atoms with Crippen LogP contribution in [0.15, 0.2) is 85.1 Å². The summed E-state index contributed by atoms with van der Waals surface area (Å²) in [5.41, 5.74) is 0. The highest BCUT2D eigenvalue weighted by molar-refractivity contribution is 5.71. The maximum Gasteiger partial charge on any atom is 0.306 e. The zero-order valence-electron chi connectivity index (χ0n) is 53.8. The van der Waals surface area contributed by atoms with E-state index >= 15 is 0 Å². The molecule has 6 heteroatoms. The van der Waals surface area contributed by atoms with Crippen molar-refractivity contribution in [1.82, 2.24) is 0 Å². The standard InChI is InChI=1S/C75H132O6/c1-4-7-10-13-16-19-22-25-28-30-31-32-33-34-35-36-37-38-39-40-41-42-43-44-45-46-48-50-53-56-59-62-65-68-74(77)80-71-72(70-79-73(76)67-64-61-58-55-52-49-27-24-21-18-15-12-9-6-3)81-75(78)69-66-63-60-57-54-51-47-29-26-23-20-17-14-11-8-5-2/h7,10,15-16,18-19,24-25,27-28,31-32,34-35,72H,4-6,8-9,11-14,17,20-23,26,29-30,33,36-71H2,1-3H3/b10-7-,18-15-,19-16-,27-24-,28-25-,32-31-,35-34-. The number of unbranched alkanes of at least 4 members (excludes halogenated alkanes) is 39. The second kappa shape index (κ2) is 69.1. The first-order chi connectivity index (χ1) is 40.0. The minimum Gasteiger partial charge on any atom is -0.462 e. The smallest absolute Gasteiger partial charge is 0.306 e. The van der Waals surface area contributed by atoms with E-state index in [-0.39, 0.29) is 31.1 Å². The summed E-state index contributed by atoms with van der Waals surface area (Å²) in [6, 6.07) is 0. The minimum absolute atomic E-state index is 0.0755. The van der Waals surface area contributed by atoms with Gasteiger partial charge in [-0.15, -0.1) is 0 Å². The fourth-order valence-electron chi connectivity index (χ4n) is 10.1. The number of rotatable bonds is 64. The van der Waals surface area contributed by atoms with Crippen LogP contribution < -0.4 is 0 Å². The van der Waals surface area contributed by atoms with Crippen molar-refractivity contribution >= 4 is 17.9 Å².